The predicted octanol–water partition coefficient (Wildman–Crippen LogP) is 5.26. The molecule has 9 rings (SSSR count). The standard InChI is InChI=1S/C41H28N8Si/c1-4-15-29(16-5-1)50(30-17-6-2-7-18-30,31-19-8-3-9-20-31)41-47-37(39-45-27-42-28-46-39)36(38-43-25-14-26-44-38)40(48-41)49-34-23-12-10-21-32(34)33-22-11-13-24-35(33)49/h1-28H. The van der Waals surface area contributed by atoms with Gasteiger partial charge in [0.15, 0.2) is 17.5 Å². The highest BCUT2D eigenvalue weighted by atomic mass is 28.3. The van der Waals surface area contributed by atoms with Gasteiger partial charge in [0.2, 0.25) is 8.07 Å². The summed E-state index contributed by atoms with van der Waals surface area (Å²) < 4.78 is 2.21. The normalized spacial score (nSPS) is 11.6. The number of fused-ring (bicyclic) bond motifs is 3. The highest BCUT2D eigenvalue weighted by Gasteiger charge is 2.46. The smallest absolute Gasteiger partial charge is 0.226 e. The highest BCUT2D eigenvalue weighted by molar-refractivity contribution is 7.19. The summed E-state index contributed by atoms with van der Waals surface area (Å²) in [7, 11) is -3.21. The van der Waals surface area contributed by atoms with Gasteiger partial charge in [-0.05, 0) is 33.8 Å². The lowest BCUT2D eigenvalue weighted by Crippen LogP contribution is -2.76. The van der Waals surface area contributed by atoms with Crippen LogP contribution in [0, 0.1) is 0 Å². The molecule has 0 bridgehead atoms. The summed E-state index contributed by atoms with van der Waals surface area (Å²) in [5.74, 6) is 1.52. The van der Waals surface area contributed by atoms with Crippen LogP contribution in [0.15, 0.2) is 171 Å². The Balaban J connectivity index is 1.52. The van der Waals surface area contributed by atoms with E-state index in [2.05, 4.69) is 159 Å². The van der Waals surface area contributed by atoms with Gasteiger partial charge in [0.05, 0.1) is 16.6 Å². The fraction of sp³-hybridized carbons (Fsp3) is 0. The summed E-state index contributed by atoms with van der Waals surface area (Å²) in [6.07, 6.45) is 6.46. The number of nitrogens with zero attached hydrogens (tertiary/aromatic N) is 8. The van der Waals surface area contributed by atoms with E-state index in [0.717, 1.165) is 37.4 Å². The Bertz CT molecular complexity index is 2430. The highest BCUT2D eigenvalue weighted by Crippen LogP contribution is 2.37. The Morgan fingerprint density at radius 3 is 1.44 bits per heavy atom. The summed E-state index contributed by atoms with van der Waals surface area (Å²) in [6.45, 7) is 0. The van der Waals surface area contributed by atoms with Gasteiger partial charge in [-0.25, -0.2) is 34.9 Å². The first-order valence-corrected chi connectivity index (χ1v) is 18.3. The Morgan fingerprint density at radius 1 is 0.440 bits per heavy atom. The number of para-hydroxylation sites is 2. The molecule has 50 heavy (non-hydrogen) atoms. The van der Waals surface area contributed by atoms with E-state index in [1.54, 1.807) is 18.5 Å². The molecule has 9 heteroatoms. The van der Waals surface area contributed by atoms with Gasteiger partial charge in [0, 0.05) is 23.2 Å². The molecule has 0 saturated heterocycles. The Kier molecular flexibility index (Phi) is 7.29. The van der Waals surface area contributed by atoms with Crippen molar-refractivity contribution in [1.82, 2.24) is 39.5 Å². The SMILES string of the molecule is c1ccc([Si](c2ccccc2)(c2ccccc2)c2nc(-c3ncncn3)c(-c3ncccn3)c(-n3c4ccccc4c4ccccc43)n2)cc1. The zero-order valence-electron chi connectivity index (χ0n) is 26.7. The number of rotatable bonds is 7. The van der Waals surface area contributed by atoms with Crippen molar-refractivity contribution in [2.24, 2.45) is 0 Å². The van der Waals surface area contributed by atoms with Crippen LogP contribution in [-0.2, 0) is 0 Å². The predicted molar refractivity (Wildman–Crippen MR) is 200 cm³/mol. The average Bonchev–Trinajstić information content (AvgIpc) is 3.54. The fourth-order valence-electron chi connectivity index (χ4n) is 7.04. The second-order valence-corrected chi connectivity index (χ2v) is 15.5. The molecule has 0 radical (unpaired) electrons. The summed E-state index contributed by atoms with van der Waals surface area (Å²) in [6, 6.07) is 50.5. The van der Waals surface area contributed by atoms with Crippen molar-refractivity contribution in [3.63, 3.8) is 0 Å². The van der Waals surface area contributed by atoms with E-state index < -0.39 is 8.07 Å². The molecule has 0 spiro atoms. The molecule has 0 aliphatic carbocycles. The Labute approximate surface area is 288 Å². The molecule has 4 aromatic heterocycles. The first-order valence-electron chi connectivity index (χ1n) is 16.3. The van der Waals surface area contributed by atoms with E-state index in [1.807, 2.05) is 0 Å². The van der Waals surface area contributed by atoms with Gasteiger partial charge in [-0.2, -0.15) is 0 Å². The monoisotopic (exact) mass is 660 g/mol. The van der Waals surface area contributed by atoms with Crippen LogP contribution < -0.4 is 21.0 Å². The van der Waals surface area contributed by atoms with Crippen LogP contribution in [0.5, 0.6) is 0 Å². The van der Waals surface area contributed by atoms with Crippen molar-refractivity contribution in [3.05, 3.63) is 171 Å². The molecule has 0 atom stereocenters. The minimum atomic E-state index is -3.21. The maximum atomic E-state index is 5.74. The lowest BCUT2D eigenvalue weighted by molar-refractivity contribution is 1.01. The molecule has 236 valence electrons. The van der Waals surface area contributed by atoms with Crippen LogP contribution >= 0.6 is 0 Å². The first-order chi connectivity index (χ1) is 24.8. The van der Waals surface area contributed by atoms with E-state index in [0.29, 0.717) is 34.2 Å². The van der Waals surface area contributed by atoms with Crippen molar-refractivity contribution in [2.75, 3.05) is 0 Å². The molecular weight excluding hydrogens is 633 g/mol. The number of benzene rings is 5. The Hall–Kier alpha value is -6.71. The molecule has 4 heterocycles. The molecule has 9 aromatic rings. The zero-order valence-corrected chi connectivity index (χ0v) is 27.7. The summed E-state index contributed by atoms with van der Waals surface area (Å²) >= 11 is 0. The summed E-state index contributed by atoms with van der Waals surface area (Å²) in [4.78, 5) is 34.3. The molecule has 0 saturated carbocycles. The molecule has 0 N–H and O–H groups in total. The molecule has 0 aliphatic heterocycles. The third kappa shape index (κ3) is 4.71. The molecule has 0 aliphatic rings. The topological polar surface area (TPSA) is 95.2 Å². The van der Waals surface area contributed by atoms with Crippen LogP contribution in [0.2, 0.25) is 0 Å². The van der Waals surface area contributed by atoms with Crippen molar-refractivity contribution in [2.45, 2.75) is 0 Å². The minimum absolute atomic E-state index is 0.408. The molecule has 0 amide bonds. The molecule has 0 fully saturated rings. The molecule has 5 aromatic carbocycles. The van der Waals surface area contributed by atoms with Gasteiger partial charge in [-0.15, -0.1) is 0 Å². The van der Waals surface area contributed by atoms with E-state index in [4.69, 9.17) is 19.9 Å². The van der Waals surface area contributed by atoms with Gasteiger partial charge < -0.3 is 0 Å². The summed E-state index contributed by atoms with van der Waals surface area (Å²) in [5, 5.41) is 5.67. The van der Waals surface area contributed by atoms with Gasteiger partial charge in [0.1, 0.15) is 23.8 Å². The van der Waals surface area contributed by atoms with Crippen molar-refractivity contribution in [1.29, 1.82) is 0 Å². The van der Waals surface area contributed by atoms with E-state index >= 15 is 0 Å². The van der Waals surface area contributed by atoms with Crippen LogP contribution in [0.4, 0.5) is 0 Å². The summed E-state index contributed by atoms with van der Waals surface area (Å²) in [5.41, 5.74) is 3.85. The van der Waals surface area contributed by atoms with Gasteiger partial charge in [-0.3, -0.25) is 4.57 Å². The second kappa shape index (κ2) is 12.4. The van der Waals surface area contributed by atoms with Crippen molar-refractivity contribution >= 4 is 50.9 Å². The molecule has 0 unspecified atom stereocenters. The fourth-order valence-corrected chi connectivity index (χ4v) is 11.4. The van der Waals surface area contributed by atoms with Crippen molar-refractivity contribution < 1.29 is 0 Å². The lowest BCUT2D eigenvalue weighted by Gasteiger charge is -2.33. The second-order valence-electron chi connectivity index (χ2n) is 11.8. The maximum Gasteiger partial charge on any atom is 0.226 e. The molecular formula is C41H28N8Si. The Morgan fingerprint density at radius 2 is 0.920 bits per heavy atom. The molecule has 8 nitrogen and oxygen atoms in total. The minimum Gasteiger partial charge on any atom is -0.293 e. The van der Waals surface area contributed by atoms with Gasteiger partial charge >= 0.3 is 0 Å². The first kappa shape index (κ1) is 29.4. The number of aromatic nitrogens is 8. The lowest BCUT2D eigenvalue weighted by atomic mass is 10.1. The maximum absolute atomic E-state index is 5.74. The zero-order chi connectivity index (χ0) is 33.3. The van der Waals surface area contributed by atoms with Gasteiger partial charge in [-0.1, -0.05) is 127 Å². The number of hydrogen-bond donors (Lipinski definition) is 0. The van der Waals surface area contributed by atoms with Crippen LogP contribution in [0.1, 0.15) is 0 Å². The van der Waals surface area contributed by atoms with E-state index in [9.17, 15) is 0 Å². The van der Waals surface area contributed by atoms with Gasteiger partial charge in [0.25, 0.3) is 0 Å². The third-order valence-corrected chi connectivity index (χ3v) is 13.6. The van der Waals surface area contributed by atoms with Crippen LogP contribution in [0.25, 0.3) is 50.5 Å². The van der Waals surface area contributed by atoms with E-state index in [-0.39, 0.29) is 0 Å². The van der Waals surface area contributed by atoms with Crippen LogP contribution in [-0.4, -0.2) is 47.5 Å². The van der Waals surface area contributed by atoms with Crippen LogP contribution in [0.3, 0.4) is 0 Å². The van der Waals surface area contributed by atoms with Crippen molar-refractivity contribution in [3.8, 4) is 28.7 Å². The number of hydrogen-bond acceptors (Lipinski definition) is 7. The van der Waals surface area contributed by atoms with E-state index in [1.165, 1.54) is 12.7 Å². The third-order valence-electron chi connectivity index (χ3n) is 9.13. The average molecular weight is 661 g/mol. The quantitative estimate of drug-likeness (QED) is 0.170. The largest absolute Gasteiger partial charge is 0.293 e.